The highest BCUT2D eigenvalue weighted by Crippen LogP contribution is 2.27. The second-order valence-corrected chi connectivity index (χ2v) is 6.12. The molecular weight excluding hydrogens is 318 g/mol. The number of hydrogen-bond acceptors (Lipinski definition) is 4. The number of amides is 1. The topological polar surface area (TPSA) is 64.6 Å². The number of hydrogen-bond donors (Lipinski definition) is 1. The molecule has 0 bridgehead atoms. The molecule has 0 heterocycles. The molecule has 5 nitrogen and oxygen atoms in total. The highest BCUT2D eigenvalue weighted by atomic mass is 16.5. The first kappa shape index (κ1) is 17.0. The number of rotatable bonds is 6. The summed E-state index contributed by atoms with van der Waals surface area (Å²) in [5.74, 6) is 0.504. The van der Waals surface area contributed by atoms with E-state index in [1.165, 1.54) is 0 Å². The first-order valence-corrected chi connectivity index (χ1v) is 8.36. The van der Waals surface area contributed by atoms with E-state index in [0.29, 0.717) is 11.3 Å². The maximum absolute atomic E-state index is 12.3. The number of anilines is 1. The van der Waals surface area contributed by atoms with E-state index in [-0.39, 0.29) is 24.4 Å². The Morgan fingerprint density at radius 3 is 2.28 bits per heavy atom. The molecule has 5 heteroatoms. The zero-order chi connectivity index (χ0) is 17.6. The molecule has 1 N–H and O–H groups in total. The van der Waals surface area contributed by atoms with Crippen molar-refractivity contribution in [3.63, 3.8) is 0 Å². The van der Waals surface area contributed by atoms with Gasteiger partial charge in [-0.1, -0.05) is 18.6 Å². The number of benzene rings is 2. The van der Waals surface area contributed by atoms with Crippen molar-refractivity contribution in [1.82, 2.24) is 0 Å². The minimum atomic E-state index is -0.192. The summed E-state index contributed by atoms with van der Waals surface area (Å²) in [5.41, 5.74) is 2.11. The molecule has 1 aliphatic rings. The second-order valence-electron chi connectivity index (χ2n) is 6.12. The zero-order valence-electron chi connectivity index (χ0n) is 14.2. The summed E-state index contributed by atoms with van der Waals surface area (Å²) in [6.45, 7) is 0.246. The fourth-order valence-corrected chi connectivity index (χ4v) is 2.55. The van der Waals surface area contributed by atoms with Crippen LogP contribution in [0.4, 0.5) is 5.69 Å². The molecule has 0 spiro atoms. The number of carbonyl (C=O) groups excluding carboxylic acids is 2. The molecule has 25 heavy (non-hydrogen) atoms. The number of nitrogens with one attached hydrogen (secondary N) is 1. The summed E-state index contributed by atoms with van der Waals surface area (Å²) in [6, 6.07) is 14.2. The van der Waals surface area contributed by atoms with E-state index >= 15 is 0 Å². The first-order valence-electron chi connectivity index (χ1n) is 8.36. The third-order valence-corrected chi connectivity index (χ3v) is 4.38. The lowest BCUT2D eigenvalue weighted by Gasteiger charge is -2.23. The Kier molecular flexibility index (Phi) is 5.33. The smallest absolute Gasteiger partial charge is 0.309 e. The van der Waals surface area contributed by atoms with E-state index in [4.69, 9.17) is 9.47 Å². The molecule has 3 rings (SSSR count). The van der Waals surface area contributed by atoms with Crippen molar-refractivity contribution in [3.8, 4) is 5.75 Å². The molecule has 2 aromatic rings. The summed E-state index contributed by atoms with van der Waals surface area (Å²) in [4.78, 5) is 24.0. The van der Waals surface area contributed by atoms with Gasteiger partial charge in [0, 0.05) is 11.3 Å². The van der Waals surface area contributed by atoms with Crippen molar-refractivity contribution in [2.45, 2.75) is 25.9 Å². The van der Waals surface area contributed by atoms with E-state index < -0.39 is 0 Å². The van der Waals surface area contributed by atoms with Crippen LogP contribution in [0.25, 0.3) is 0 Å². The lowest BCUT2D eigenvalue weighted by Crippen LogP contribution is -2.23. The normalized spacial score (nSPS) is 13.6. The molecule has 0 radical (unpaired) electrons. The maximum atomic E-state index is 12.3. The van der Waals surface area contributed by atoms with Crippen LogP contribution in [0.5, 0.6) is 5.75 Å². The van der Waals surface area contributed by atoms with Gasteiger partial charge in [-0.15, -0.1) is 0 Å². The molecule has 130 valence electrons. The zero-order valence-corrected chi connectivity index (χ0v) is 14.2. The Balaban J connectivity index is 1.53. The molecule has 1 amide bonds. The van der Waals surface area contributed by atoms with Gasteiger partial charge in [-0.05, 0) is 54.8 Å². The fourth-order valence-electron chi connectivity index (χ4n) is 2.55. The van der Waals surface area contributed by atoms with Crippen LogP contribution < -0.4 is 10.1 Å². The van der Waals surface area contributed by atoms with E-state index in [1.807, 2.05) is 0 Å². The maximum Gasteiger partial charge on any atom is 0.309 e. The molecule has 2 aromatic carbocycles. The molecule has 0 saturated heterocycles. The van der Waals surface area contributed by atoms with Crippen LogP contribution in [-0.4, -0.2) is 19.0 Å². The third kappa shape index (κ3) is 4.38. The number of esters is 1. The number of ether oxygens (including phenoxy) is 2. The van der Waals surface area contributed by atoms with Crippen molar-refractivity contribution in [3.05, 3.63) is 59.7 Å². The average Bonchev–Trinajstić information content (AvgIpc) is 2.59. The Labute approximate surface area is 147 Å². The standard InChI is InChI=1S/C20H21NO4/c1-24-18-11-9-17(10-12-18)21-19(22)15-7-5-14(6-8-15)13-25-20(23)16-3-2-4-16/h5-12,16H,2-4,13H2,1H3,(H,21,22). The Hall–Kier alpha value is -2.82. The highest BCUT2D eigenvalue weighted by Gasteiger charge is 2.26. The molecule has 1 aliphatic carbocycles. The van der Waals surface area contributed by atoms with Crippen LogP contribution in [0.1, 0.15) is 35.2 Å². The number of carbonyl (C=O) groups is 2. The lowest BCUT2D eigenvalue weighted by atomic mass is 9.86. The van der Waals surface area contributed by atoms with Gasteiger partial charge in [0.05, 0.1) is 13.0 Å². The van der Waals surface area contributed by atoms with Gasteiger partial charge >= 0.3 is 5.97 Å². The molecule has 0 unspecified atom stereocenters. The van der Waals surface area contributed by atoms with Crippen molar-refractivity contribution in [2.75, 3.05) is 12.4 Å². The SMILES string of the molecule is COc1ccc(NC(=O)c2ccc(COC(=O)C3CCC3)cc2)cc1. The van der Waals surface area contributed by atoms with E-state index in [2.05, 4.69) is 5.32 Å². The van der Waals surface area contributed by atoms with Crippen LogP contribution in [0.2, 0.25) is 0 Å². The van der Waals surface area contributed by atoms with E-state index in [1.54, 1.807) is 55.6 Å². The molecule has 1 fully saturated rings. The summed E-state index contributed by atoms with van der Waals surface area (Å²) in [7, 11) is 1.60. The van der Waals surface area contributed by atoms with Crippen molar-refractivity contribution < 1.29 is 19.1 Å². The second kappa shape index (κ2) is 7.83. The molecule has 0 aromatic heterocycles. The summed E-state index contributed by atoms with van der Waals surface area (Å²) in [5, 5.41) is 2.83. The summed E-state index contributed by atoms with van der Waals surface area (Å²) >= 11 is 0. The lowest BCUT2D eigenvalue weighted by molar-refractivity contribution is -0.152. The van der Waals surface area contributed by atoms with E-state index in [9.17, 15) is 9.59 Å². The first-order chi connectivity index (χ1) is 12.2. The monoisotopic (exact) mass is 339 g/mol. The van der Waals surface area contributed by atoms with Crippen LogP contribution in [0.3, 0.4) is 0 Å². The van der Waals surface area contributed by atoms with Crippen molar-refractivity contribution in [2.24, 2.45) is 5.92 Å². The molecule has 0 atom stereocenters. The van der Waals surface area contributed by atoms with Gasteiger partial charge in [-0.2, -0.15) is 0 Å². The van der Waals surface area contributed by atoms with Crippen LogP contribution in [0, 0.1) is 5.92 Å². The van der Waals surface area contributed by atoms with Gasteiger partial charge in [0.1, 0.15) is 12.4 Å². The quantitative estimate of drug-likeness (QED) is 0.813. The van der Waals surface area contributed by atoms with Gasteiger partial charge in [-0.3, -0.25) is 9.59 Å². The minimum Gasteiger partial charge on any atom is -0.497 e. The predicted octanol–water partition coefficient (Wildman–Crippen LogP) is 3.79. The van der Waals surface area contributed by atoms with Crippen LogP contribution in [-0.2, 0) is 16.1 Å². The molecular formula is C20H21NO4. The van der Waals surface area contributed by atoms with Crippen LogP contribution >= 0.6 is 0 Å². The van der Waals surface area contributed by atoms with Gasteiger partial charge in [0.15, 0.2) is 0 Å². The Bertz CT molecular complexity index is 733. The number of methoxy groups -OCH3 is 1. The minimum absolute atomic E-state index is 0.0783. The molecule has 1 saturated carbocycles. The summed E-state index contributed by atoms with van der Waals surface area (Å²) in [6.07, 6.45) is 2.98. The van der Waals surface area contributed by atoms with Crippen molar-refractivity contribution >= 4 is 17.6 Å². The van der Waals surface area contributed by atoms with E-state index in [0.717, 1.165) is 30.6 Å². The largest absolute Gasteiger partial charge is 0.497 e. The fraction of sp³-hybridized carbons (Fsp3) is 0.300. The van der Waals surface area contributed by atoms with Gasteiger partial charge in [-0.25, -0.2) is 0 Å². The Morgan fingerprint density at radius 2 is 1.72 bits per heavy atom. The Morgan fingerprint density at radius 1 is 1.04 bits per heavy atom. The predicted molar refractivity (Wildman–Crippen MR) is 94.5 cm³/mol. The van der Waals surface area contributed by atoms with Crippen LogP contribution in [0.15, 0.2) is 48.5 Å². The average molecular weight is 339 g/mol. The molecule has 0 aliphatic heterocycles. The summed E-state index contributed by atoms with van der Waals surface area (Å²) < 4.78 is 10.4. The van der Waals surface area contributed by atoms with Crippen molar-refractivity contribution in [1.29, 1.82) is 0 Å². The van der Waals surface area contributed by atoms with Gasteiger partial charge in [0.2, 0.25) is 0 Å². The van der Waals surface area contributed by atoms with Gasteiger partial charge in [0.25, 0.3) is 5.91 Å². The van der Waals surface area contributed by atoms with Gasteiger partial charge < -0.3 is 14.8 Å². The third-order valence-electron chi connectivity index (χ3n) is 4.38. The highest BCUT2D eigenvalue weighted by molar-refractivity contribution is 6.04.